The Hall–Kier alpha value is -1.02. The highest BCUT2D eigenvalue weighted by Crippen LogP contribution is 2.21. The van der Waals surface area contributed by atoms with Crippen molar-refractivity contribution in [3.05, 3.63) is 50.2 Å². The minimum Gasteiger partial charge on any atom is -0.381 e. The van der Waals surface area contributed by atoms with Crippen LogP contribution in [0.4, 0.5) is 0 Å². The van der Waals surface area contributed by atoms with Crippen LogP contribution >= 0.6 is 31.9 Å². The molecule has 1 saturated heterocycles. The van der Waals surface area contributed by atoms with Gasteiger partial charge in [-0.1, -0.05) is 37.0 Å². The third kappa shape index (κ3) is 5.74. The van der Waals surface area contributed by atoms with Crippen LogP contribution in [0.5, 0.6) is 0 Å². The summed E-state index contributed by atoms with van der Waals surface area (Å²) < 4.78 is 18.2. The summed E-state index contributed by atoms with van der Waals surface area (Å²) in [5.74, 6) is 1.06. The minimum atomic E-state index is 0.0119. The van der Waals surface area contributed by atoms with Gasteiger partial charge >= 0.3 is 0 Å². The number of Topliss-reactive ketones (excluding diaryl/α,β-unsaturated/α-hetero) is 1. The van der Waals surface area contributed by atoms with E-state index in [-0.39, 0.29) is 12.4 Å². The lowest BCUT2D eigenvalue weighted by atomic mass is 10.00. The summed E-state index contributed by atoms with van der Waals surface area (Å²) in [6.07, 6.45) is 2.36. The minimum absolute atomic E-state index is 0.0119. The van der Waals surface area contributed by atoms with E-state index in [0.29, 0.717) is 30.4 Å². The maximum atomic E-state index is 12.2. The van der Waals surface area contributed by atoms with Gasteiger partial charge < -0.3 is 14.0 Å². The Morgan fingerprint density at radius 2 is 2.00 bits per heavy atom. The Kier molecular flexibility index (Phi) is 6.81. The van der Waals surface area contributed by atoms with Gasteiger partial charge in [-0.25, -0.2) is 0 Å². The molecule has 2 aromatic rings. The van der Waals surface area contributed by atoms with Crippen molar-refractivity contribution >= 4 is 37.6 Å². The third-order valence-corrected chi connectivity index (χ3v) is 5.00. The van der Waals surface area contributed by atoms with Crippen molar-refractivity contribution in [1.82, 2.24) is 5.16 Å². The van der Waals surface area contributed by atoms with Crippen LogP contribution in [-0.2, 0) is 22.7 Å². The molecule has 0 spiro atoms. The molecule has 1 fully saturated rings. The van der Waals surface area contributed by atoms with Gasteiger partial charge in [0.2, 0.25) is 0 Å². The Bertz CT molecular complexity index is 705. The van der Waals surface area contributed by atoms with Crippen LogP contribution in [-0.4, -0.2) is 24.2 Å². The number of hydrogen-bond donors (Lipinski definition) is 0. The van der Waals surface area contributed by atoms with Crippen molar-refractivity contribution in [3.63, 3.8) is 0 Å². The molecule has 0 radical (unpaired) electrons. The summed E-state index contributed by atoms with van der Waals surface area (Å²) in [6, 6.07) is 7.62. The van der Waals surface area contributed by atoms with E-state index in [0.717, 1.165) is 40.6 Å². The molecule has 0 saturated carbocycles. The highest BCUT2D eigenvalue weighted by Gasteiger charge is 2.19. The molecule has 0 bridgehead atoms. The molecule has 0 N–H and O–H groups in total. The van der Waals surface area contributed by atoms with Crippen LogP contribution in [0, 0.1) is 5.92 Å². The normalized spacial score (nSPS) is 17.1. The van der Waals surface area contributed by atoms with Crippen molar-refractivity contribution < 1.29 is 18.8 Å². The first-order chi connectivity index (χ1) is 12.1. The lowest BCUT2D eigenvalue weighted by Crippen LogP contribution is -2.05. The lowest BCUT2D eigenvalue weighted by molar-refractivity contribution is 0.0878. The average molecular weight is 473 g/mol. The van der Waals surface area contributed by atoms with E-state index in [4.69, 9.17) is 14.0 Å². The molecule has 134 valence electrons. The number of ether oxygens (including phenoxy) is 2. The molecule has 1 aliphatic rings. The number of ketones is 1. The molecule has 1 unspecified atom stereocenters. The van der Waals surface area contributed by atoms with E-state index in [1.807, 2.05) is 18.2 Å². The van der Waals surface area contributed by atoms with E-state index in [2.05, 4.69) is 37.0 Å². The van der Waals surface area contributed by atoms with Gasteiger partial charge in [0.1, 0.15) is 12.3 Å². The number of aromatic nitrogens is 1. The second-order valence-electron chi connectivity index (χ2n) is 6.14. The zero-order valence-corrected chi connectivity index (χ0v) is 16.8. The summed E-state index contributed by atoms with van der Waals surface area (Å²) in [5, 5.41) is 3.86. The van der Waals surface area contributed by atoms with Gasteiger partial charge in [-0.3, -0.25) is 4.79 Å². The summed E-state index contributed by atoms with van der Waals surface area (Å²) in [5.41, 5.74) is 1.42. The number of carbonyl (C=O) groups excluding carboxylic acids is 1. The second-order valence-corrected chi connectivity index (χ2v) is 7.97. The van der Waals surface area contributed by atoms with E-state index in [1.165, 1.54) is 0 Å². The monoisotopic (exact) mass is 471 g/mol. The Labute approximate surface area is 163 Å². The van der Waals surface area contributed by atoms with Crippen LogP contribution in [0.2, 0.25) is 0 Å². The number of nitrogens with zero attached hydrogens (tertiary/aromatic N) is 1. The lowest BCUT2D eigenvalue weighted by Gasteiger charge is -2.04. The third-order valence-electron chi connectivity index (χ3n) is 4.08. The van der Waals surface area contributed by atoms with Crippen LogP contribution < -0.4 is 0 Å². The van der Waals surface area contributed by atoms with Crippen molar-refractivity contribution in [2.24, 2.45) is 5.92 Å². The van der Waals surface area contributed by atoms with E-state index in [1.54, 1.807) is 6.07 Å². The predicted octanol–water partition coefficient (Wildman–Crippen LogP) is 4.92. The second kappa shape index (κ2) is 9.07. The largest absolute Gasteiger partial charge is 0.381 e. The molecule has 25 heavy (non-hydrogen) atoms. The van der Waals surface area contributed by atoms with Crippen LogP contribution in [0.3, 0.4) is 0 Å². The maximum Gasteiger partial charge on any atom is 0.184 e. The summed E-state index contributed by atoms with van der Waals surface area (Å²) in [4.78, 5) is 12.2. The van der Waals surface area contributed by atoms with Gasteiger partial charge in [-0.15, -0.1) is 0 Å². The molecule has 1 atom stereocenters. The van der Waals surface area contributed by atoms with Gasteiger partial charge in [0.05, 0.1) is 6.61 Å². The average Bonchev–Trinajstić information content (AvgIpc) is 3.23. The van der Waals surface area contributed by atoms with E-state index in [9.17, 15) is 4.79 Å². The Balaban J connectivity index is 1.45. The molecule has 2 heterocycles. The maximum absolute atomic E-state index is 12.2. The summed E-state index contributed by atoms with van der Waals surface area (Å²) in [7, 11) is 0. The van der Waals surface area contributed by atoms with Gasteiger partial charge in [0.15, 0.2) is 11.5 Å². The van der Waals surface area contributed by atoms with Crippen molar-refractivity contribution in [1.29, 1.82) is 0 Å². The number of rotatable bonds is 8. The predicted molar refractivity (Wildman–Crippen MR) is 99.3 cm³/mol. The zero-order valence-electron chi connectivity index (χ0n) is 13.7. The summed E-state index contributed by atoms with van der Waals surface area (Å²) in [6.45, 7) is 2.29. The molecule has 1 aliphatic heterocycles. The smallest absolute Gasteiger partial charge is 0.184 e. The molecule has 3 rings (SSSR count). The topological polar surface area (TPSA) is 61.6 Å². The van der Waals surface area contributed by atoms with Crippen molar-refractivity contribution in [2.45, 2.75) is 32.5 Å². The molecule has 1 aromatic carbocycles. The van der Waals surface area contributed by atoms with Crippen molar-refractivity contribution in [3.8, 4) is 0 Å². The molecular formula is C18H19Br2NO4. The van der Waals surface area contributed by atoms with Gasteiger partial charge in [-0.05, 0) is 42.5 Å². The standard InChI is InChI=1S/C18H19Br2NO4/c19-14-5-13(6-15(20)7-14)10-24-11-16-8-17(21-25-16)18(22)2-1-12-3-4-23-9-12/h5-8,12H,1-4,9-11H2. The molecular weight excluding hydrogens is 454 g/mol. The van der Waals surface area contributed by atoms with Gasteiger partial charge in [0.25, 0.3) is 0 Å². The fourth-order valence-electron chi connectivity index (χ4n) is 2.75. The molecule has 5 nitrogen and oxygen atoms in total. The molecule has 1 aromatic heterocycles. The Morgan fingerprint density at radius 1 is 1.20 bits per heavy atom. The van der Waals surface area contributed by atoms with Crippen molar-refractivity contribution in [2.75, 3.05) is 13.2 Å². The number of halogens is 2. The fraction of sp³-hybridized carbons (Fsp3) is 0.444. The number of hydrogen-bond acceptors (Lipinski definition) is 5. The highest BCUT2D eigenvalue weighted by molar-refractivity contribution is 9.11. The number of benzene rings is 1. The molecule has 7 heteroatoms. The van der Waals surface area contributed by atoms with E-state index < -0.39 is 0 Å². The Morgan fingerprint density at radius 3 is 2.72 bits per heavy atom. The van der Waals surface area contributed by atoms with Crippen LogP contribution in [0.15, 0.2) is 37.7 Å². The number of carbonyl (C=O) groups is 1. The van der Waals surface area contributed by atoms with Crippen LogP contribution in [0.1, 0.15) is 41.1 Å². The SMILES string of the molecule is O=C(CCC1CCOC1)c1cc(COCc2cc(Br)cc(Br)c2)on1. The first-order valence-electron chi connectivity index (χ1n) is 8.19. The van der Waals surface area contributed by atoms with Gasteiger partial charge in [0, 0.05) is 34.6 Å². The first kappa shape index (κ1) is 18.8. The summed E-state index contributed by atoms with van der Waals surface area (Å²) >= 11 is 6.90. The van der Waals surface area contributed by atoms with Gasteiger partial charge in [-0.2, -0.15) is 0 Å². The quantitative estimate of drug-likeness (QED) is 0.510. The van der Waals surface area contributed by atoms with E-state index >= 15 is 0 Å². The molecule has 0 aliphatic carbocycles. The highest BCUT2D eigenvalue weighted by atomic mass is 79.9. The fourth-order valence-corrected chi connectivity index (χ4v) is 4.14. The van der Waals surface area contributed by atoms with Crippen LogP contribution in [0.25, 0.3) is 0 Å². The molecule has 0 amide bonds. The first-order valence-corrected chi connectivity index (χ1v) is 9.78. The zero-order chi connectivity index (χ0) is 17.6.